The van der Waals surface area contributed by atoms with Gasteiger partial charge in [0.1, 0.15) is 0 Å². The van der Waals surface area contributed by atoms with E-state index in [4.69, 9.17) is 15.2 Å². The average molecular weight is 360 g/mol. The van der Waals surface area contributed by atoms with Crippen molar-refractivity contribution in [3.8, 4) is 11.5 Å². The highest BCUT2D eigenvalue weighted by atomic mass is 16.7. The van der Waals surface area contributed by atoms with Crippen LogP contribution in [0.25, 0.3) is 0 Å². The second kappa shape index (κ2) is 7.82. The molecule has 7 nitrogen and oxygen atoms in total. The van der Waals surface area contributed by atoms with Crippen LogP contribution < -0.4 is 15.2 Å². The molecule has 0 bridgehead atoms. The average Bonchev–Trinajstić information content (AvgIpc) is 3.16. The first kappa shape index (κ1) is 17.6. The van der Waals surface area contributed by atoms with Gasteiger partial charge in [0.2, 0.25) is 12.7 Å². The number of nitrogens with two attached hydrogens (primary N) is 1. The molecule has 142 valence electrons. The Morgan fingerprint density at radius 2 is 1.92 bits per heavy atom. The van der Waals surface area contributed by atoms with Gasteiger partial charge in [-0.1, -0.05) is 6.07 Å². The lowest BCUT2D eigenvalue weighted by atomic mass is 10.0. The summed E-state index contributed by atoms with van der Waals surface area (Å²) in [6.07, 6.45) is 2.25. The van der Waals surface area contributed by atoms with Crippen molar-refractivity contribution >= 4 is 5.91 Å². The van der Waals surface area contributed by atoms with Gasteiger partial charge in [-0.05, 0) is 30.5 Å². The Balaban J connectivity index is 1.28. The molecule has 1 aromatic rings. The zero-order valence-corrected chi connectivity index (χ0v) is 15.2. The molecular formula is C19H28N4O3. The van der Waals surface area contributed by atoms with Crippen LogP contribution in [0, 0.1) is 0 Å². The predicted molar refractivity (Wildman–Crippen MR) is 98.1 cm³/mol. The summed E-state index contributed by atoms with van der Waals surface area (Å²) in [5.41, 5.74) is 6.79. The standard InChI is InChI=1S/C19H28N4O3/c20-11-19(24)23-5-1-2-16(13-23)22-8-6-21(7-9-22)12-15-3-4-17-18(10-15)26-14-25-17/h3-4,10,16H,1-2,5-9,11-14,20H2/t16-/m1/s1. The summed E-state index contributed by atoms with van der Waals surface area (Å²) in [6, 6.07) is 6.69. The molecule has 7 heteroatoms. The highest BCUT2D eigenvalue weighted by Crippen LogP contribution is 2.33. The maximum absolute atomic E-state index is 11.9. The Morgan fingerprint density at radius 3 is 2.73 bits per heavy atom. The minimum Gasteiger partial charge on any atom is -0.454 e. The van der Waals surface area contributed by atoms with Crippen LogP contribution in [-0.4, -0.2) is 79.3 Å². The minimum atomic E-state index is 0.0798. The predicted octanol–water partition coefficient (Wildman–Crippen LogP) is 0.483. The number of carbonyl (C=O) groups is 1. The Bertz CT molecular complexity index is 646. The number of nitrogens with zero attached hydrogens (tertiary/aromatic N) is 3. The molecule has 0 aliphatic carbocycles. The molecule has 2 saturated heterocycles. The summed E-state index contributed by atoms with van der Waals surface area (Å²) in [7, 11) is 0. The number of hydrogen-bond donors (Lipinski definition) is 1. The lowest BCUT2D eigenvalue weighted by molar-refractivity contribution is -0.132. The van der Waals surface area contributed by atoms with Gasteiger partial charge in [0.15, 0.2) is 11.5 Å². The van der Waals surface area contributed by atoms with Crippen molar-refractivity contribution in [1.29, 1.82) is 0 Å². The Labute approximate surface area is 154 Å². The molecule has 2 N–H and O–H groups in total. The van der Waals surface area contributed by atoms with E-state index in [1.807, 2.05) is 11.0 Å². The molecular weight excluding hydrogens is 332 g/mol. The first-order valence-electron chi connectivity index (χ1n) is 9.56. The molecule has 0 radical (unpaired) electrons. The van der Waals surface area contributed by atoms with Crippen molar-refractivity contribution in [2.75, 3.05) is 52.6 Å². The SMILES string of the molecule is NCC(=O)N1CCC[C@@H](N2CCN(Cc3ccc4c(c3)OCO4)CC2)C1. The van der Waals surface area contributed by atoms with Gasteiger partial charge in [-0.15, -0.1) is 0 Å². The van der Waals surface area contributed by atoms with Gasteiger partial charge in [0.05, 0.1) is 6.54 Å². The van der Waals surface area contributed by atoms with Crippen LogP contribution in [0.5, 0.6) is 11.5 Å². The fraction of sp³-hybridized carbons (Fsp3) is 0.632. The van der Waals surface area contributed by atoms with Crippen LogP contribution in [0.2, 0.25) is 0 Å². The molecule has 3 aliphatic heterocycles. The van der Waals surface area contributed by atoms with Crippen molar-refractivity contribution in [2.24, 2.45) is 5.73 Å². The Morgan fingerprint density at radius 1 is 1.12 bits per heavy atom. The molecule has 0 aromatic heterocycles. The van der Waals surface area contributed by atoms with Gasteiger partial charge >= 0.3 is 0 Å². The molecule has 0 unspecified atom stereocenters. The number of ether oxygens (including phenoxy) is 2. The molecule has 4 rings (SSSR count). The number of piperazine rings is 1. The lowest BCUT2D eigenvalue weighted by Gasteiger charge is -2.43. The molecule has 26 heavy (non-hydrogen) atoms. The fourth-order valence-corrected chi connectivity index (χ4v) is 4.19. The van der Waals surface area contributed by atoms with Gasteiger partial charge in [-0.3, -0.25) is 14.6 Å². The summed E-state index contributed by atoms with van der Waals surface area (Å²) in [5.74, 6) is 1.77. The summed E-state index contributed by atoms with van der Waals surface area (Å²) in [4.78, 5) is 18.9. The van der Waals surface area contributed by atoms with Crippen LogP contribution in [0.15, 0.2) is 18.2 Å². The van der Waals surface area contributed by atoms with Crippen molar-refractivity contribution in [1.82, 2.24) is 14.7 Å². The third-order valence-electron chi connectivity index (χ3n) is 5.69. The van der Waals surface area contributed by atoms with Crippen molar-refractivity contribution in [3.05, 3.63) is 23.8 Å². The zero-order chi connectivity index (χ0) is 17.9. The molecule has 1 amide bonds. The molecule has 1 aromatic carbocycles. The maximum atomic E-state index is 11.9. The molecule has 0 saturated carbocycles. The number of likely N-dealkylation sites (tertiary alicyclic amines) is 1. The number of carbonyl (C=O) groups excluding carboxylic acids is 1. The molecule has 2 fully saturated rings. The second-order valence-electron chi connectivity index (χ2n) is 7.34. The van der Waals surface area contributed by atoms with Gasteiger partial charge in [-0.2, -0.15) is 0 Å². The number of benzene rings is 1. The van der Waals surface area contributed by atoms with E-state index in [0.29, 0.717) is 12.8 Å². The van der Waals surface area contributed by atoms with E-state index in [2.05, 4.69) is 21.9 Å². The zero-order valence-electron chi connectivity index (χ0n) is 15.2. The third-order valence-corrected chi connectivity index (χ3v) is 5.69. The maximum Gasteiger partial charge on any atom is 0.236 e. The summed E-state index contributed by atoms with van der Waals surface area (Å²) >= 11 is 0. The topological polar surface area (TPSA) is 71.3 Å². The summed E-state index contributed by atoms with van der Waals surface area (Å²) < 4.78 is 10.9. The fourth-order valence-electron chi connectivity index (χ4n) is 4.19. The number of hydrogen-bond acceptors (Lipinski definition) is 6. The number of fused-ring (bicyclic) bond motifs is 1. The van der Waals surface area contributed by atoms with Crippen LogP contribution in [-0.2, 0) is 11.3 Å². The molecule has 3 heterocycles. The first-order chi connectivity index (χ1) is 12.7. The highest BCUT2D eigenvalue weighted by molar-refractivity contribution is 5.78. The van der Waals surface area contributed by atoms with E-state index in [9.17, 15) is 4.79 Å². The van der Waals surface area contributed by atoms with Crippen LogP contribution in [0.3, 0.4) is 0 Å². The minimum absolute atomic E-state index is 0.0798. The molecule has 0 spiro atoms. The first-order valence-corrected chi connectivity index (χ1v) is 9.56. The lowest BCUT2D eigenvalue weighted by Crippen LogP contribution is -2.56. The van der Waals surface area contributed by atoms with E-state index in [-0.39, 0.29) is 12.5 Å². The second-order valence-corrected chi connectivity index (χ2v) is 7.34. The smallest absolute Gasteiger partial charge is 0.236 e. The summed E-state index contributed by atoms with van der Waals surface area (Å²) in [6.45, 7) is 7.28. The summed E-state index contributed by atoms with van der Waals surface area (Å²) in [5, 5.41) is 0. The van der Waals surface area contributed by atoms with Crippen molar-refractivity contribution in [2.45, 2.75) is 25.4 Å². The Kier molecular flexibility index (Phi) is 5.28. The van der Waals surface area contributed by atoms with Gasteiger partial charge in [0, 0.05) is 51.9 Å². The van der Waals surface area contributed by atoms with Gasteiger partial charge in [0.25, 0.3) is 0 Å². The van der Waals surface area contributed by atoms with E-state index < -0.39 is 0 Å². The van der Waals surface area contributed by atoms with Gasteiger partial charge < -0.3 is 20.1 Å². The normalized spacial score (nSPS) is 24.0. The van der Waals surface area contributed by atoms with Crippen molar-refractivity contribution in [3.63, 3.8) is 0 Å². The quantitative estimate of drug-likeness (QED) is 0.842. The Hall–Kier alpha value is -1.83. The monoisotopic (exact) mass is 360 g/mol. The van der Waals surface area contributed by atoms with Crippen LogP contribution >= 0.6 is 0 Å². The van der Waals surface area contributed by atoms with Crippen LogP contribution in [0.1, 0.15) is 18.4 Å². The largest absolute Gasteiger partial charge is 0.454 e. The number of rotatable bonds is 4. The van der Waals surface area contributed by atoms with Crippen LogP contribution in [0.4, 0.5) is 0 Å². The van der Waals surface area contributed by atoms with Gasteiger partial charge in [-0.25, -0.2) is 0 Å². The van der Waals surface area contributed by atoms with E-state index >= 15 is 0 Å². The molecule has 3 aliphatic rings. The highest BCUT2D eigenvalue weighted by Gasteiger charge is 2.29. The third kappa shape index (κ3) is 3.79. The number of piperidine rings is 1. The molecule has 1 atom stereocenters. The van der Waals surface area contributed by atoms with E-state index in [1.54, 1.807) is 0 Å². The number of amides is 1. The van der Waals surface area contributed by atoms with E-state index in [0.717, 1.165) is 63.7 Å². The van der Waals surface area contributed by atoms with E-state index in [1.165, 1.54) is 12.0 Å². The van der Waals surface area contributed by atoms with Crippen molar-refractivity contribution < 1.29 is 14.3 Å².